The van der Waals surface area contributed by atoms with Gasteiger partial charge >= 0.3 is 138 Å². The standard InChI is InChI=1S/C17H25INO2/c1-4-17(2)8-5-6-13(7-9-17)15-11-19(16(21)18-3)10-14(15)12-20/h5-9,14-15,20H,4,10-12H2,1-3H3/q-1/t14-,15?,17?/m0/s1. The van der Waals surface area contributed by atoms with Gasteiger partial charge in [-0.1, -0.05) is 0 Å². The molecule has 1 saturated heterocycles. The van der Waals surface area contributed by atoms with Crippen molar-refractivity contribution in [3.63, 3.8) is 0 Å². The Morgan fingerprint density at radius 2 is 2.24 bits per heavy atom. The Labute approximate surface area is 138 Å². The van der Waals surface area contributed by atoms with Crippen LogP contribution in [-0.2, 0) is 0 Å². The number of aliphatic hydroxyl groups excluding tert-OH is 1. The summed E-state index contributed by atoms with van der Waals surface area (Å²) >= 11 is -0.401. The van der Waals surface area contributed by atoms with E-state index in [0.717, 1.165) is 13.0 Å². The molecule has 1 fully saturated rings. The minimum absolute atomic E-state index is 0.107. The third-order valence-corrected chi connectivity index (χ3v) is 6.30. The zero-order valence-electron chi connectivity index (χ0n) is 13.1. The Bertz CT molecular complexity index is 483. The summed E-state index contributed by atoms with van der Waals surface area (Å²) in [5.41, 5.74) is 1.35. The van der Waals surface area contributed by atoms with Crippen molar-refractivity contribution in [2.75, 3.05) is 24.6 Å². The number of hydrogen-bond donors (Lipinski definition) is 1. The quantitative estimate of drug-likeness (QED) is 0.307. The fourth-order valence-corrected chi connectivity index (χ4v) is 4.03. The van der Waals surface area contributed by atoms with Crippen LogP contribution in [0.25, 0.3) is 0 Å². The van der Waals surface area contributed by atoms with Gasteiger partial charge in [-0.25, -0.2) is 0 Å². The first kappa shape index (κ1) is 16.7. The molecule has 0 spiro atoms. The Morgan fingerprint density at radius 1 is 1.48 bits per heavy atom. The van der Waals surface area contributed by atoms with Crippen molar-refractivity contribution >= 4 is 3.91 Å². The molecule has 2 rings (SSSR count). The number of rotatable bonds is 4. The van der Waals surface area contributed by atoms with Crippen molar-refractivity contribution in [3.8, 4) is 0 Å². The number of alkyl halides is 1. The summed E-state index contributed by atoms with van der Waals surface area (Å²) in [6, 6.07) is 0. The van der Waals surface area contributed by atoms with Crippen molar-refractivity contribution in [2.45, 2.75) is 20.3 Å². The van der Waals surface area contributed by atoms with E-state index in [-0.39, 0.29) is 23.9 Å². The summed E-state index contributed by atoms with van der Waals surface area (Å²) in [6.45, 7) is 6.03. The monoisotopic (exact) mass is 402 g/mol. The first-order valence-electron chi connectivity index (χ1n) is 7.51. The number of nitrogens with zero attached hydrogens (tertiary/aromatic N) is 1. The first-order valence-corrected chi connectivity index (χ1v) is 10.7. The van der Waals surface area contributed by atoms with Gasteiger partial charge in [-0.3, -0.25) is 0 Å². The number of hydrogen-bond acceptors (Lipinski definition) is 2. The average molecular weight is 402 g/mol. The number of carbonyl (C=O) groups excluding carboxylic acids is 1. The normalized spacial score (nSPS) is 32.4. The number of carbonyl (C=O) groups is 1. The number of aliphatic hydroxyl groups is 1. The molecule has 0 aromatic rings. The minimum atomic E-state index is -0.401. The molecule has 3 atom stereocenters. The molecule has 1 amide bonds. The molecule has 2 aliphatic rings. The van der Waals surface area contributed by atoms with Crippen LogP contribution in [0.2, 0.25) is 0 Å². The SMILES string of the molecule is CCC1(C)C=CC=C(C2CN(C(=O)[I-]C)C[C@H]2CO)C=C1. The summed E-state index contributed by atoms with van der Waals surface area (Å²) in [5.74, 6) is 0.425. The molecule has 1 aliphatic heterocycles. The van der Waals surface area contributed by atoms with Crippen LogP contribution in [0, 0.1) is 17.3 Å². The van der Waals surface area contributed by atoms with E-state index < -0.39 is 21.2 Å². The van der Waals surface area contributed by atoms with Crippen molar-refractivity contribution in [3.05, 3.63) is 36.0 Å². The van der Waals surface area contributed by atoms with Gasteiger partial charge < -0.3 is 0 Å². The van der Waals surface area contributed by atoms with Gasteiger partial charge in [-0.15, -0.1) is 0 Å². The van der Waals surface area contributed by atoms with E-state index in [2.05, 4.69) is 44.2 Å². The van der Waals surface area contributed by atoms with Gasteiger partial charge in [0.25, 0.3) is 0 Å². The van der Waals surface area contributed by atoms with E-state index in [0.29, 0.717) is 10.5 Å². The second kappa shape index (κ2) is 7.09. The number of halogens is 1. The van der Waals surface area contributed by atoms with Crippen molar-refractivity contribution in [1.82, 2.24) is 4.90 Å². The van der Waals surface area contributed by atoms with Crippen LogP contribution in [0.5, 0.6) is 0 Å². The molecule has 1 N–H and O–H groups in total. The first-order chi connectivity index (χ1) is 10.0. The van der Waals surface area contributed by atoms with Crippen molar-refractivity contribution < 1.29 is 31.1 Å². The van der Waals surface area contributed by atoms with E-state index in [1.54, 1.807) is 0 Å². The van der Waals surface area contributed by atoms with E-state index in [4.69, 9.17) is 0 Å². The van der Waals surface area contributed by atoms with Crippen LogP contribution in [0.3, 0.4) is 0 Å². The van der Waals surface area contributed by atoms with Gasteiger partial charge in [-0.05, 0) is 0 Å². The molecule has 4 heteroatoms. The number of likely N-dealkylation sites (tertiary alicyclic amines) is 1. The molecular formula is C17H25INO2-. The molecule has 0 saturated carbocycles. The second-order valence-electron chi connectivity index (χ2n) is 6.11. The molecule has 118 valence electrons. The zero-order valence-corrected chi connectivity index (χ0v) is 15.2. The fraction of sp³-hybridized carbons (Fsp3) is 0.588. The summed E-state index contributed by atoms with van der Waals surface area (Å²) < 4.78 is 0.293. The maximum absolute atomic E-state index is 12.0. The predicted octanol–water partition coefficient (Wildman–Crippen LogP) is -0.166. The van der Waals surface area contributed by atoms with Crippen LogP contribution < -0.4 is 21.2 Å². The predicted molar refractivity (Wildman–Crippen MR) is 81.7 cm³/mol. The Kier molecular flexibility index (Phi) is 5.66. The van der Waals surface area contributed by atoms with Gasteiger partial charge in [0, 0.05) is 0 Å². The van der Waals surface area contributed by atoms with Gasteiger partial charge in [0.1, 0.15) is 0 Å². The molecule has 0 radical (unpaired) electrons. The molecule has 1 heterocycles. The van der Waals surface area contributed by atoms with Gasteiger partial charge in [0.15, 0.2) is 0 Å². The van der Waals surface area contributed by atoms with Crippen LogP contribution in [-0.4, -0.2) is 38.5 Å². The molecule has 3 nitrogen and oxygen atoms in total. The van der Waals surface area contributed by atoms with Crippen molar-refractivity contribution in [1.29, 1.82) is 0 Å². The zero-order chi connectivity index (χ0) is 15.5. The number of allylic oxidation sites excluding steroid dienone is 5. The molecule has 2 unspecified atom stereocenters. The average Bonchev–Trinajstić information content (AvgIpc) is 2.84. The summed E-state index contributed by atoms with van der Waals surface area (Å²) in [6.07, 6.45) is 12.0. The molecule has 0 aromatic carbocycles. The maximum atomic E-state index is 12.0. The third-order valence-electron chi connectivity index (χ3n) is 4.70. The molecule has 1 aliphatic carbocycles. The van der Waals surface area contributed by atoms with Crippen LogP contribution >= 0.6 is 0 Å². The second-order valence-corrected chi connectivity index (χ2v) is 8.12. The molecule has 21 heavy (non-hydrogen) atoms. The van der Waals surface area contributed by atoms with Crippen LogP contribution in [0.15, 0.2) is 36.0 Å². The van der Waals surface area contributed by atoms with Crippen molar-refractivity contribution in [2.24, 2.45) is 17.3 Å². The van der Waals surface area contributed by atoms with Gasteiger partial charge in [-0.2, -0.15) is 0 Å². The number of amides is 1. The summed E-state index contributed by atoms with van der Waals surface area (Å²) in [5, 5.41) is 9.66. The Hall–Kier alpha value is -0.620. The van der Waals surface area contributed by atoms with E-state index in [9.17, 15) is 9.90 Å². The molecule has 0 bridgehead atoms. The topological polar surface area (TPSA) is 40.5 Å². The van der Waals surface area contributed by atoms with Crippen LogP contribution in [0.4, 0.5) is 4.79 Å². The molecular weight excluding hydrogens is 377 g/mol. The molecule has 0 aromatic heterocycles. The van der Waals surface area contributed by atoms with Gasteiger partial charge in [0.05, 0.1) is 0 Å². The summed E-state index contributed by atoms with van der Waals surface area (Å²) in [7, 11) is 0. The summed E-state index contributed by atoms with van der Waals surface area (Å²) in [4.78, 5) is 15.9. The van der Waals surface area contributed by atoms with E-state index >= 15 is 0 Å². The fourth-order valence-electron chi connectivity index (χ4n) is 2.96. The Balaban J connectivity index is 2.17. The third kappa shape index (κ3) is 3.77. The van der Waals surface area contributed by atoms with E-state index in [1.807, 2.05) is 9.83 Å². The van der Waals surface area contributed by atoms with E-state index in [1.165, 1.54) is 5.57 Å². The van der Waals surface area contributed by atoms with Crippen LogP contribution in [0.1, 0.15) is 20.3 Å². The Morgan fingerprint density at radius 3 is 2.86 bits per heavy atom. The van der Waals surface area contributed by atoms with Gasteiger partial charge in [0.2, 0.25) is 0 Å².